The Labute approximate surface area is 125 Å². The zero-order valence-electron chi connectivity index (χ0n) is 11.8. The van der Waals surface area contributed by atoms with Crippen LogP contribution in [0, 0.1) is 5.41 Å². The second kappa shape index (κ2) is 5.40. The zero-order chi connectivity index (χ0) is 14.2. The predicted octanol–water partition coefficient (Wildman–Crippen LogP) is 2.47. The minimum absolute atomic E-state index is 0.237. The monoisotopic (exact) mass is 314 g/mol. The standard InChI is InChI=1S/C14H22N2O2S2/c1-2-14(5-6-14)10-16-20(17,18)13-7-11(9-19-13)8-15-12-3-4-12/h7,9,12,15-16H,2-6,8,10H2,1H3. The van der Waals surface area contributed by atoms with Crippen LogP contribution >= 0.6 is 11.3 Å². The van der Waals surface area contributed by atoms with Crippen LogP contribution in [0.1, 0.15) is 44.6 Å². The van der Waals surface area contributed by atoms with Gasteiger partial charge >= 0.3 is 0 Å². The normalized spacial score (nSPS) is 21.1. The van der Waals surface area contributed by atoms with Gasteiger partial charge in [-0.3, -0.25) is 0 Å². The van der Waals surface area contributed by atoms with Crippen molar-refractivity contribution in [1.29, 1.82) is 0 Å². The van der Waals surface area contributed by atoms with E-state index in [4.69, 9.17) is 0 Å². The van der Waals surface area contributed by atoms with Gasteiger partial charge in [-0.1, -0.05) is 6.92 Å². The Kier molecular flexibility index (Phi) is 3.92. The Hall–Kier alpha value is -0.430. The number of sulfonamides is 1. The Bertz CT molecular complexity index is 572. The van der Waals surface area contributed by atoms with Crippen LogP contribution in [0.5, 0.6) is 0 Å². The highest BCUT2D eigenvalue weighted by molar-refractivity contribution is 7.91. The lowest BCUT2D eigenvalue weighted by molar-refractivity contribution is 0.476. The van der Waals surface area contributed by atoms with Crippen molar-refractivity contribution in [1.82, 2.24) is 10.0 Å². The fourth-order valence-corrected chi connectivity index (χ4v) is 4.70. The van der Waals surface area contributed by atoms with Crippen molar-refractivity contribution in [3.8, 4) is 0 Å². The second-order valence-corrected chi connectivity index (χ2v) is 9.01. The van der Waals surface area contributed by atoms with Gasteiger partial charge < -0.3 is 5.32 Å². The Morgan fingerprint density at radius 3 is 2.75 bits per heavy atom. The molecule has 20 heavy (non-hydrogen) atoms. The molecular weight excluding hydrogens is 292 g/mol. The third-order valence-corrected chi connectivity index (χ3v) is 7.30. The first kappa shape index (κ1) is 14.5. The van der Waals surface area contributed by atoms with E-state index < -0.39 is 10.0 Å². The van der Waals surface area contributed by atoms with E-state index in [-0.39, 0.29) is 5.41 Å². The van der Waals surface area contributed by atoms with Crippen molar-refractivity contribution in [2.24, 2.45) is 5.41 Å². The molecule has 4 nitrogen and oxygen atoms in total. The van der Waals surface area contributed by atoms with E-state index in [1.807, 2.05) is 5.38 Å². The van der Waals surface area contributed by atoms with E-state index >= 15 is 0 Å². The number of hydrogen-bond donors (Lipinski definition) is 2. The molecule has 1 aromatic heterocycles. The SMILES string of the molecule is CCC1(CNS(=O)(=O)c2cc(CNC3CC3)cs2)CC1. The van der Waals surface area contributed by atoms with Crippen LogP contribution in [-0.2, 0) is 16.6 Å². The molecule has 2 N–H and O–H groups in total. The minimum atomic E-state index is -3.32. The lowest BCUT2D eigenvalue weighted by Crippen LogP contribution is -2.29. The zero-order valence-corrected chi connectivity index (χ0v) is 13.4. The van der Waals surface area contributed by atoms with Gasteiger partial charge in [-0.05, 0) is 54.5 Å². The molecule has 2 fully saturated rings. The molecule has 0 radical (unpaired) electrons. The van der Waals surface area contributed by atoms with E-state index in [1.54, 1.807) is 6.07 Å². The maximum Gasteiger partial charge on any atom is 0.250 e. The largest absolute Gasteiger partial charge is 0.310 e. The number of rotatable bonds is 8. The smallest absolute Gasteiger partial charge is 0.250 e. The van der Waals surface area contributed by atoms with E-state index in [1.165, 1.54) is 24.2 Å². The molecule has 2 aliphatic rings. The molecule has 2 aliphatic carbocycles. The van der Waals surface area contributed by atoms with Gasteiger partial charge in [0.25, 0.3) is 0 Å². The van der Waals surface area contributed by atoms with Gasteiger partial charge in [0.2, 0.25) is 10.0 Å². The first-order valence-electron chi connectivity index (χ1n) is 7.33. The van der Waals surface area contributed by atoms with E-state index in [2.05, 4.69) is 17.0 Å². The van der Waals surface area contributed by atoms with Crippen LogP contribution in [0.15, 0.2) is 15.7 Å². The van der Waals surface area contributed by atoms with E-state index in [9.17, 15) is 8.42 Å². The first-order chi connectivity index (χ1) is 9.53. The van der Waals surface area contributed by atoms with Crippen LogP contribution in [0.2, 0.25) is 0 Å². The van der Waals surface area contributed by atoms with Crippen LogP contribution < -0.4 is 10.0 Å². The molecule has 0 saturated heterocycles. The molecule has 0 aromatic carbocycles. The van der Waals surface area contributed by atoms with E-state index in [0.717, 1.165) is 31.4 Å². The molecule has 0 atom stereocenters. The van der Waals surface area contributed by atoms with Gasteiger partial charge in [0, 0.05) is 19.1 Å². The lowest BCUT2D eigenvalue weighted by atomic mass is 10.1. The summed E-state index contributed by atoms with van der Waals surface area (Å²) in [4.78, 5) is 0. The third kappa shape index (κ3) is 3.42. The molecule has 3 rings (SSSR count). The molecule has 0 aliphatic heterocycles. The fourth-order valence-electron chi connectivity index (χ4n) is 2.29. The summed E-state index contributed by atoms with van der Waals surface area (Å²) in [5.74, 6) is 0. The van der Waals surface area contributed by atoms with Gasteiger partial charge in [0.05, 0.1) is 0 Å². The average Bonchev–Trinajstić information content (AvgIpc) is 3.35. The van der Waals surface area contributed by atoms with Gasteiger partial charge in [-0.15, -0.1) is 11.3 Å². The van der Waals surface area contributed by atoms with Gasteiger partial charge in [-0.25, -0.2) is 13.1 Å². The summed E-state index contributed by atoms with van der Waals surface area (Å²) in [6.07, 6.45) is 5.84. The first-order valence-corrected chi connectivity index (χ1v) is 9.70. The maximum atomic E-state index is 12.3. The third-order valence-electron chi connectivity index (χ3n) is 4.41. The van der Waals surface area contributed by atoms with Crippen LogP contribution in [-0.4, -0.2) is 21.0 Å². The van der Waals surface area contributed by atoms with Crippen molar-refractivity contribution >= 4 is 21.4 Å². The summed E-state index contributed by atoms with van der Waals surface area (Å²) >= 11 is 1.32. The highest BCUT2D eigenvalue weighted by Crippen LogP contribution is 2.48. The molecular formula is C14H22N2O2S2. The topological polar surface area (TPSA) is 58.2 Å². The van der Waals surface area contributed by atoms with Crippen LogP contribution in [0.3, 0.4) is 0 Å². The summed E-state index contributed by atoms with van der Waals surface area (Å²) in [5, 5.41) is 5.35. The molecule has 1 aromatic rings. The molecule has 112 valence electrons. The van der Waals surface area contributed by atoms with Crippen molar-refractivity contribution in [2.45, 2.75) is 55.8 Å². The Balaban J connectivity index is 1.58. The van der Waals surface area contributed by atoms with Gasteiger partial charge in [0.15, 0.2) is 0 Å². The fraction of sp³-hybridized carbons (Fsp3) is 0.714. The van der Waals surface area contributed by atoms with Crippen molar-refractivity contribution in [3.63, 3.8) is 0 Å². The summed E-state index contributed by atoms with van der Waals surface area (Å²) < 4.78 is 27.8. The molecule has 0 bridgehead atoms. The predicted molar refractivity (Wildman–Crippen MR) is 81.3 cm³/mol. The molecule has 1 heterocycles. The Morgan fingerprint density at radius 1 is 1.40 bits per heavy atom. The average molecular weight is 314 g/mol. The maximum absolute atomic E-state index is 12.3. The second-order valence-electron chi connectivity index (χ2n) is 6.11. The van der Waals surface area contributed by atoms with Crippen molar-refractivity contribution < 1.29 is 8.42 Å². The number of nitrogens with one attached hydrogen (secondary N) is 2. The quantitative estimate of drug-likeness (QED) is 0.775. The molecule has 2 saturated carbocycles. The van der Waals surface area contributed by atoms with Crippen molar-refractivity contribution in [2.75, 3.05) is 6.54 Å². The molecule has 0 spiro atoms. The van der Waals surface area contributed by atoms with Crippen molar-refractivity contribution in [3.05, 3.63) is 17.0 Å². The summed E-state index contributed by atoms with van der Waals surface area (Å²) in [6, 6.07) is 2.45. The van der Waals surface area contributed by atoms with Gasteiger partial charge in [-0.2, -0.15) is 0 Å². The molecule has 6 heteroatoms. The highest BCUT2D eigenvalue weighted by atomic mass is 32.2. The highest BCUT2D eigenvalue weighted by Gasteiger charge is 2.41. The number of thiophene rings is 1. The minimum Gasteiger partial charge on any atom is -0.310 e. The number of hydrogen-bond acceptors (Lipinski definition) is 4. The molecule has 0 unspecified atom stereocenters. The van der Waals surface area contributed by atoms with Crippen LogP contribution in [0.25, 0.3) is 0 Å². The lowest BCUT2D eigenvalue weighted by Gasteiger charge is -2.12. The summed E-state index contributed by atoms with van der Waals surface area (Å²) in [6.45, 7) is 3.49. The van der Waals surface area contributed by atoms with Crippen LogP contribution in [0.4, 0.5) is 0 Å². The van der Waals surface area contributed by atoms with E-state index in [0.29, 0.717) is 16.8 Å². The van der Waals surface area contributed by atoms with Gasteiger partial charge in [0.1, 0.15) is 4.21 Å². The summed E-state index contributed by atoms with van der Waals surface area (Å²) in [5.41, 5.74) is 1.31. The molecule has 0 amide bonds. The Morgan fingerprint density at radius 2 is 2.15 bits per heavy atom. The summed E-state index contributed by atoms with van der Waals surface area (Å²) in [7, 11) is -3.32.